The minimum Gasteiger partial charge on any atom is -0.298 e. The van der Waals surface area contributed by atoms with Crippen molar-refractivity contribution in [2.75, 3.05) is 0 Å². The van der Waals surface area contributed by atoms with Gasteiger partial charge < -0.3 is 0 Å². The summed E-state index contributed by atoms with van der Waals surface area (Å²) in [6.45, 7) is 0. The number of hydrogen-bond donors (Lipinski definition) is 0. The molecule has 3 heteroatoms. The second-order valence-electron chi connectivity index (χ2n) is 3.48. The van der Waals surface area contributed by atoms with Gasteiger partial charge in [0.15, 0.2) is 0 Å². The molecule has 0 saturated carbocycles. The largest absolute Gasteiger partial charge is 0.298 e. The highest BCUT2D eigenvalue weighted by molar-refractivity contribution is 5.85. The highest BCUT2D eigenvalue weighted by Gasteiger charge is 1.98. The Morgan fingerprint density at radius 2 is 1.35 bits per heavy atom. The molecule has 86 valence electrons. The summed E-state index contributed by atoms with van der Waals surface area (Å²) in [6.07, 6.45) is 1.63. The average molecular weight is 247 g/mol. The van der Waals surface area contributed by atoms with Gasteiger partial charge in [0.1, 0.15) is 12.6 Å². The van der Waals surface area contributed by atoms with E-state index in [1.807, 2.05) is 30.3 Å². The number of carbonyl (C=O) groups excluding carboxylic acids is 2. The topological polar surface area (TPSA) is 34.1 Å². The molecule has 0 bridgehead atoms. The molecule has 2 nitrogen and oxygen atoms in total. The number of aldehydes is 2. The van der Waals surface area contributed by atoms with Crippen LogP contribution in [0.2, 0.25) is 0 Å². The maximum absolute atomic E-state index is 10.6. The summed E-state index contributed by atoms with van der Waals surface area (Å²) >= 11 is 0. The fraction of sp³-hybridized carbons (Fsp3) is 0. The summed E-state index contributed by atoms with van der Waals surface area (Å²) in [5, 5.41) is 0. The standard InChI is InChI=1S/C14H10O2.ClH/c15-9-11-4-6-13(7-5-11)14-3-1-2-12(8-14)10-16;/h1-10H;1H. The number of carbonyl (C=O) groups is 2. The normalized spacial score (nSPS) is 9.18. The molecule has 0 aliphatic carbocycles. The minimum atomic E-state index is 0. The van der Waals surface area contributed by atoms with Crippen LogP contribution in [0.1, 0.15) is 20.7 Å². The van der Waals surface area contributed by atoms with E-state index in [0.29, 0.717) is 11.1 Å². The van der Waals surface area contributed by atoms with Crippen LogP contribution in [0.5, 0.6) is 0 Å². The molecule has 0 aromatic heterocycles. The predicted octanol–water partition coefficient (Wildman–Crippen LogP) is 3.40. The molecule has 0 amide bonds. The van der Waals surface area contributed by atoms with Crippen LogP contribution in [0.3, 0.4) is 0 Å². The average Bonchev–Trinajstić information content (AvgIpc) is 2.39. The highest BCUT2D eigenvalue weighted by atomic mass is 35.5. The number of rotatable bonds is 3. The summed E-state index contributed by atoms with van der Waals surface area (Å²) in [4.78, 5) is 21.2. The molecule has 0 atom stereocenters. The number of benzene rings is 2. The molecule has 0 aliphatic heterocycles. The monoisotopic (exact) mass is 246 g/mol. The minimum absolute atomic E-state index is 0. The molecular formula is C14H11ClO2. The van der Waals surface area contributed by atoms with E-state index in [0.717, 1.165) is 23.7 Å². The lowest BCUT2D eigenvalue weighted by atomic mass is 10.0. The summed E-state index contributed by atoms with van der Waals surface area (Å²) < 4.78 is 0. The highest BCUT2D eigenvalue weighted by Crippen LogP contribution is 2.20. The zero-order chi connectivity index (χ0) is 11.4. The third-order valence-corrected chi connectivity index (χ3v) is 2.40. The summed E-state index contributed by atoms with van der Waals surface area (Å²) in [5.74, 6) is 0. The number of hydrogen-bond acceptors (Lipinski definition) is 2. The zero-order valence-corrected chi connectivity index (χ0v) is 9.81. The van der Waals surface area contributed by atoms with Crippen molar-refractivity contribution in [1.29, 1.82) is 0 Å². The van der Waals surface area contributed by atoms with Gasteiger partial charge in [0.2, 0.25) is 0 Å². The van der Waals surface area contributed by atoms with Crippen LogP contribution in [0.15, 0.2) is 48.5 Å². The Morgan fingerprint density at radius 3 is 1.94 bits per heavy atom. The molecule has 0 radical (unpaired) electrons. The first-order valence-electron chi connectivity index (χ1n) is 4.94. The van der Waals surface area contributed by atoms with Crippen molar-refractivity contribution in [3.63, 3.8) is 0 Å². The fourth-order valence-corrected chi connectivity index (χ4v) is 1.55. The Bertz CT molecular complexity index is 518. The molecule has 0 unspecified atom stereocenters. The Labute approximate surface area is 106 Å². The molecule has 0 aliphatic rings. The predicted molar refractivity (Wildman–Crippen MR) is 69.9 cm³/mol. The molecule has 0 heterocycles. The lowest BCUT2D eigenvalue weighted by Crippen LogP contribution is -1.83. The molecular weight excluding hydrogens is 236 g/mol. The van der Waals surface area contributed by atoms with Crippen LogP contribution in [0, 0.1) is 0 Å². The first-order chi connectivity index (χ1) is 7.83. The van der Waals surface area contributed by atoms with E-state index in [2.05, 4.69) is 0 Å². The van der Waals surface area contributed by atoms with Crippen molar-refractivity contribution < 1.29 is 9.59 Å². The molecule has 2 aromatic carbocycles. The van der Waals surface area contributed by atoms with Crippen LogP contribution in [-0.2, 0) is 0 Å². The Morgan fingerprint density at radius 1 is 0.706 bits per heavy atom. The van der Waals surface area contributed by atoms with Gasteiger partial charge in [0.05, 0.1) is 0 Å². The van der Waals surface area contributed by atoms with Crippen LogP contribution >= 0.6 is 12.4 Å². The van der Waals surface area contributed by atoms with Crippen LogP contribution in [0.4, 0.5) is 0 Å². The zero-order valence-electron chi connectivity index (χ0n) is 9.00. The lowest BCUT2D eigenvalue weighted by molar-refractivity contribution is 0.111. The molecule has 0 fully saturated rings. The molecule has 2 aromatic rings. The SMILES string of the molecule is Cl.O=Cc1ccc(-c2cccc(C=O)c2)cc1. The van der Waals surface area contributed by atoms with Crippen molar-refractivity contribution in [2.45, 2.75) is 0 Å². The quantitative estimate of drug-likeness (QED) is 0.778. The van der Waals surface area contributed by atoms with Crippen molar-refractivity contribution in [3.05, 3.63) is 59.7 Å². The van der Waals surface area contributed by atoms with Crippen LogP contribution in [-0.4, -0.2) is 12.6 Å². The fourth-order valence-electron chi connectivity index (χ4n) is 1.55. The van der Waals surface area contributed by atoms with Gasteiger partial charge in [-0.1, -0.05) is 42.5 Å². The van der Waals surface area contributed by atoms with Crippen molar-refractivity contribution in [2.24, 2.45) is 0 Å². The van der Waals surface area contributed by atoms with E-state index < -0.39 is 0 Å². The molecule has 2 rings (SSSR count). The van der Waals surface area contributed by atoms with Gasteiger partial charge in [-0.15, -0.1) is 12.4 Å². The molecule has 0 saturated heterocycles. The maximum atomic E-state index is 10.6. The Kier molecular flexibility index (Phi) is 4.61. The van der Waals surface area contributed by atoms with E-state index in [1.165, 1.54) is 0 Å². The summed E-state index contributed by atoms with van der Waals surface area (Å²) in [5.41, 5.74) is 3.27. The smallest absolute Gasteiger partial charge is 0.150 e. The van der Waals surface area contributed by atoms with Gasteiger partial charge in [0.25, 0.3) is 0 Å². The molecule has 0 spiro atoms. The van der Waals surface area contributed by atoms with Gasteiger partial charge in [-0.05, 0) is 17.2 Å². The summed E-state index contributed by atoms with van der Waals surface area (Å²) in [6, 6.07) is 14.6. The van der Waals surface area contributed by atoms with E-state index >= 15 is 0 Å². The van der Waals surface area contributed by atoms with E-state index in [-0.39, 0.29) is 12.4 Å². The third kappa shape index (κ3) is 3.02. The van der Waals surface area contributed by atoms with Crippen LogP contribution < -0.4 is 0 Å². The maximum Gasteiger partial charge on any atom is 0.150 e. The third-order valence-electron chi connectivity index (χ3n) is 2.40. The molecule has 0 N–H and O–H groups in total. The lowest BCUT2D eigenvalue weighted by Gasteiger charge is -2.02. The summed E-state index contributed by atoms with van der Waals surface area (Å²) in [7, 11) is 0. The number of halogens is 1. The Balaban J connectivity index is 0.00000144. The van der Waals surface area contributed by atoms with Gasteiger partial charge in [-0.2, -0.15) is 0 Å². The van der Waals surface area contributed by atoms with E-state index in [1.54, 1.807) is 18.2 Å². The Hall–Kier alpha value is -1.93. The van der Waals surface area contributed by atoms with Crippen molar-refractivity contribution >= 4 is 25.0 Å². The van der Waals surface area contributed by atoms with Crippen molar-refractivity contribution in [1.82, 2.24) is 0 Å². The second kappa shape index (κ2) is 5.97. The van der Waals surface area contributed by atoms with Crippen LogP contribution in [0.25, 0.3) is 11.1 Å². The van der Waals surface area contributed by atoms with Gasteiger partial charge >= 0.3 is 0 Å². The van der Waals surface area contributed by atoms with Gasteiger partial charge in [-0.25, -0.2) is 0 Å². The second-order valence-corrected chi connectivity index (χ2v) is 3.48. The van der Waals surface area contributed by atoms with E-state index in [4.69, 9.17) is 0 Å². The van der Waals surface area contributed by atoms with Gasteiger partial charge in [0, 0.05) is 11.1 Å². The van der Waals surface area contributed by atoms with Crippen molar-refractivity contribution in [3.8, 4) is 11.1 Å². The first kappa shape index (κ1) is 13.1. The van der Waals surface area contributed by atoms with E-state index in [9.17, 15) is 9.59 Å². The first-order valence-corrected chi connectivity index (χ1v) is 4.94. The van der Waals surface area contributed by atoms with Gasteiger partial charge in [-0.3, -0.25) is 9.59 Å². The molecule has 17 heavy (non-hydrogen) atoms.